The van der Waals surface area contributed by atoms with Gasteiger partial charge < -0.3 is 15.4 Å². The number of esters is 1. The van der Waals surface area contributed by atoms with Crippen molar-refractivity contribution in [1.82, 2.24) is 10.6 Å². The normalized spacial score (nSPS) is 24.9. The first kappa shape index (κ1) is 15.2. The Kier molecular flexibility index (Phi) is 6.05. The van der Waals surface area contributed by atoms with Gasteiger partial charge in [-0.3, -0.25) is 9.59 Å². The van der Waals surface area contributed by atoms with Gasteiger partial charge in [-0.1, -0.05) is 5.57 Å². The molecule has 1 aliphatic heterocycles. The van der Waals surface area contributed by atoms with Gasteiger partial charge in [0.05, 0.1) is 6.61 Å². The quantitative estimate of drug-likeness (QED) is 0.669. The molecule has 1 aliphatic rings. The highest BCUT2D eigenvalue weighted by Crippen LogP contribution is 2.05. The average Bonchev–Trinajstić information content (AvgIpc) is 2.31. The third-order valence-corrected chi connectivity index (χ3v) is 2.75. The molecule has 0 spiro atoms. The predicted octanol–water partition coefficient (Wildman–Crippen LogP) is 0.281. The number of carbonyl (C=O) groups is 3. The molecule has 0 aromatic heterocycles. The molecule has 1 heterocycles. The molecule has 1 atom stereocenters. The molecule has 0 bridgehead atoms. The highest BCUT2D eigenvalue weighted by Gasteiger charge is 2.20. The Balaban J connectivity index is 2.66. The van der Waals surface area contributed by atoms with E-state index in [-0.39, 0.29) is 18.4 Å². The van der Waals surface area contributed by atoms with E-state index in [1.54, 1.807) is 0 Å². The van der Waals surface area contributed by atoms with Crippen molar-refractivity contribution in [3.8, 4) is 0 Å². The second-order valence-corrected chi connectivity index (χ2v) is 4.59. The smallest absolute Gasteiger partial charge is 0.328 e. The summed E-state index contributed by atoms with van der Waals surface area (Å²) < 4.78 is 5.11. The van der Waals surface area contributed by atoms with E-state index in [0.717, 1.165) is 5.57 Å². The van der Waals surface area contributed by atoms with E-state index in [4.69, 9.17) is 4.74 Å². The summed E-state index contributed by atoms with van der Waals surface area (Å²) in [6, 6.07) is -0.641. The summed E-state index contributed by atoms with van der Waals surface area (Å²) in [5.74, 6) is -0.829. The Bertz CT molecular complexity index is 390. The second-order valence-electron chi connectivity index (χ2n) is 4.59. The van der Waals surface area contributed by atoms with E-state index in [0.29, 0.717) is 25.8 Å². The van der Waals surface area contributed by atoms with Crippen molar-refractivity contribution in [2.75, 3.05) is 13.2 Å². The van der Waals surface area contributed by atoms with Crippen LogP contribution in [0.15, 0.2) is 11.6 Å². The van der Waals surface area contributed by atoms with Crippen LogP contribution in [0.5, 0.6) is 0 Å². The van der Waals surface area contributed by atoms with E-state index in [1.807, 2.05) is 6.92 Å². The zero-order valence-electron chi connectivity index (χ0n) is 11.3. The molecule has 1 rings (SSSR count). The average molecular weight is 268 g/mol. The molecule has 0 saturated heterocycles. The molecule has 2 N–H and O–H groups in total. The molecule has 0 unspecified atom stereocenters. The Morgan fingerprint density at radius 1 is 1.47 bits per heavy atom. The van der Waals surface area contributed by atoms with Crippen LogP contribution in [0.25, 0.3) is 0 Å². The number of rotatable bonds is 1. The van der Waals surface area contributed by atoms with Crippen LogP contribution in [0, 0.1) is 0 Å². The van der Waals surface area contributed by atoms with E-state index < -0.39 is 12.0 Å². The van der Waals surface area contributed by atoms with Gasteiger partial charge in [-0.25, -0.2) is 4.79 Å². The van der Waals surface area contributed by atoms with Gasteiger partial charge in [0.25, 0.3) is 0 Å². The van der Waals surface area contributed by atoms with Gasteiger partial charge in [-0.2, -0.15) is 0 Å². The van der Waals surface area contributed by atoms with Gasteiger partial charge in [0.1, 0.15) is 6.04 Å². The highest BCUT2D eigenvalue weighted by atomic mass is 16.5. The number of cyclic esters (lactones) is 1. The standard InChI is InChI=1S/C13H20N2O4/c1-9-5-7-19-13(18)11(15-10(2)16)4-3-6-14-12(17)8-9/h8,11H,3-7H2,1-2H3,(H,14,17)(H,15,16)/b9-8-/t11-/m0/s1. The van der Waals surface area contributed by atoms with Crippen LogP contribution in [-0.4, -0.2) is 37.0 Å². The topological polar surface area (TPSA) is 84.5 Å². The fourth-order valence-corrected chi connectivity index (χ4v) is 1.77. The van der Waals surface area contributed by atoms with Gasteiger partial charge in [0.15, 0.2) is 0 Å². The summed E-state index contributed by atoms with van der Waals surface area (Å²) in [4.78, 5) is 34.3. The number of ether oxygens (including phenoxy) is 1. The first-order chi connectivity index (χ1) is 8.99. The zero-order chi connectivity index (χ0) is 14.3. The lowest BCUT2D eigenvalue weighted by atomic mass is 10.1. The van der Waals surface area contributed by atoms with Crippen molar-refractivity contribution in [3.05, 3.63) is 11.6 Å². The van der Waals surface area contributed by atoms with Crippen molar-refractivity contribution < 1.29 is 19.1 Å². The Hall–Kier alpha value is -1.85. The van der Waals surface area contributed by atoms with Crippen LogP contribution in [0.4, 0.5) is 0 Å². The predicted molar refractivity (Wildman–Crippen MR) is 69.2 cm³/mol. The molecule has 0 fully saturated rings. The molecule has 0 aliphatic carbocycles. The second kappa shape index (κ2) is 7.56. The molecule has 106 valence electrons. The van der Waals surface area contributed by atoms with Gasteiger partial charge in [-0.15, -0.1) is 0 Å². The van der Waals surface area contributed by atoms with Crippen molar-refractivity contribution in [1.29, 1.82) is 0 Å². The van der Waals surface area contributed by atoms with Gasteiger partial charge in [-0.05, 0) is 19.8 Å². The number of amides is 2. The van der Waals surface area contributed by atoms with Crippen LogP contribution >= 0.6 is 0 Å². The first-order valence-corrected chi connectivity index (χ1v) is 6.38. The summed E-state index contributed by atoms with van der Waals surface area (Å²) in [5, 5.41) is 5.30. The Morgan fingerprint density at radius 2 is 2.21 bits per heavy atom. The Labute approximate surface area is 112 Å². The molecule has 6 nitrogen and oxygen atoms in total. The number of nitrogens with one attached hydrogen (secondary N) is 2. The van der Waals surface area contributed by atoms with Crippen molar-refractivity contribution in [2.45, 2.75) is 39.2 Å². The SMILES string of the molecule is CC(=O)N[C@H]1CCCNC(=O)/C=C(/C)CCOC1=O. The maximum Gasteiger partial charge on any atom is 0.328 e. The van der Waals surface area contributed by atoms with Crippen LogP contribution in [-0.2, 0) is 19.1 Å². The van der Waals surface area contributed by atoms with Gasteiger partial charge in [0, 0.05) is 26.0 Å². The van der Waals surface area contributed by atoms with Crippen LogP contribution < -0.4 is 10.6 Å². The Morgan fingerprint density at radius 3 is 2.89 bits per heavy atom. The monoisotopic (exact) mass is 268 g/mol. The molecular formula is C13H20N2O4. The lowest BCUT2D eigenvalue weighted by Gasteiger charge is -2.17. The van der Waals surface area contributed by atoms with Gasteiger partial charge >= 0.3 is 5.97 Å². The van der Waals surface area contributed by atoms with E-state index in [9.17, 15) is 14.4 Å². The minimum absolute atomic E-state index is 0.138. The largest absolute Gasteiger partial charge is 0.464 e. The summed E-state index contributed by atoms with van der Waals surface area (Å²) in [6.45, 7) is 3.85. The van der Waals surface area contributed by atoms with Crippen LogP contribution in [0.2, 0.25) is 0 Å². The maximum atomic E-state index is 11.8. The van der Waals surface area contributed by atoms with E-state index in [2.05, 4.69) is 10.6 Å². The van der Waals surface area contributed by atoms with E-state index >= 15 is 0 Å². The number of hydrogen-bond acceptors (Lipinski definition) is 4. The molecule has 0 saturated carbocycles. The molecule has 2 amide bonds. The molecule has 0 aromatic rings. The molecular weight excluding hydrogens is 248 g/mol. The zero-order valence-corrected chi connectivity index (χ0v) is 11.3. The number of hydrogen-bond donors (Lipinski definition) is 2. The third kappa shape index (κ3) is 6.03. The summed E-state index contributed by atoms with van der Waals surface area (Å²) >= 11 is 0. The minimum atomic E-state index is -0.641. The lowest BCUT2D eigenvalue weighted by Crippen LogP contribution is -2.41. The van der Waals surface area contributed by atoms with Crippen molar-refractivity contribution in [3.63, 3.8) is 0 Å². The summed E-state index contributed by atoms with van der Waals surface area (Å²) in [5.41, 5.74) is 0.849. The highest BCUT2D eigenvalue weighted by molar-refractivity contribution is 5.88. The van der Waals surface area contributed by atoms with Gasteiger partial charge in [0.2, 0.25) is 11.8 Å². The van der Waals surface area contributed by atoms with Crippen LogP contribution in [0.3, 0.4) is 0 Å². The molecule has 0 radical (unpaired) electrons. The lowest BCUT2D eigenvalue weighted by molar-refractivity contribution is -0.147. The molecule has 19 heavy (non-hydrogen) atoms. The van der Waals surface area contributed by atoms with E-state index in [1.165, 1.54) is 13.0 Å². The molecule has 0 aromatic carbocycles. The minimum Gasteiger partial charge on any atom is -0.464 e. The fourth-order valence-electron chi connectivity index (χ4n) is 1.77. The van der Waals surface area contributed by atoms with Crippen molar-refractivity contribution in [2.24, 2.45) is 0 Å². The fraction of sp³-hybridized carbons (Fsp3) is 0.615. The molecule has 6 heteroatoms. The first-order valence-electron chi connectivity index (χ1n) is 6.38. The summed E-state index contributed by atoms with van der Waals surface area (Å²) in [7, 11) is 0. The van der Waals surface area contributed by atoms with Crippen LogP contribution in [0.1, 0.15) is 33.1 Å². The maximum absolute atomic E-state index is 11.8. The number of carbonyl (C=O) groups excluding carboxylic acids is 3. The summed E-state index contributed by atoms with van der Waals surface area (Å²) in [6.07, 6.45) is 3.06. The van der Waals surface area contributed by atoms with Crippen molar-refractivity contribution >= 4 is 17.8 Å². The third-order valence-electron chi connectivity index (χ3n) is 2.75.